The molecule has 2 aromatic carbocycles. The average Bonchev–Trinajstić information content (AvgIpc) is 3.34. The molecule has 1 atom stereocenters. The van der Waals surface area contributed by atoms with Crippen molar-refractivity contribution in [1.29, 1.82) is 0 Å². The number of non-ortho nitro benzene ring substituents is 1. The van der Waals surface area contributed by atoms with Crippen molar-refractivity contribution in [3.05, 3.63) is 98.5 Å². The number of nitro benzene ring substituents is 1. The summed E-state index contributed by atoms with van der Waals surface area (Å²) in [6.07, 6.45) is 3.49. The molecule has 0 amide bonds. The number of aromatic nitrogens is 1. The maximum atomic E-state index is 13.3. The van der Waals surface area contributed by atoms with Crippen LogP contribution in [0, 0.1) is 10.1 Å². The Morgan fingerprint density at radius 3 is 2.51 bits per heavy atom. The third-order valence-corrected chi connectivity index (χ3v) is 6.78. The van der Waals surface area contributed by atoms with Crippen LogP contribution in [-0.2, 0) is 25.5 Å². The molecule has 4 rings (SSSR count). The lowest BCUT2D eigenvalue weighted by Crippen LogP contribution is -2.32. The smallest absolute Gasteiger partial charge is 0.336 e. The normalized spacial score (nSPS) is 15.3. The van der Waals surface area contributed by atoms with Gasteiger partial charge in [-0.1, -0.05) is 30.3 Å². The Bertz CT molecular complexity index is 1450. The Kier molecular flexibility index (Phi) is 8.77. The van der Waals surface area contributed by atoms with Gasteiger partial charge in [-0.05, 0) is 57.0 Å². The van der Waals surface area contributed by atoms with E-state index in [1.54, 1.807) is 19.9 Å². The van der Waals surface area contributed by atoms with Gasteiger partial charge in [0.05, 0.1) is 35.7 Å². The Labute approximate surface area is 226 Å². The van der Waals surface area contributed by atoms with Crippen LogP contribution in [0.15, 0.2) is 77.3 Å². The molecular formula is C29H32N4O6. The molecule has 0 saturated heterocycles. The number of hydrogen-bond donors (Lipinski definition) is 3. The van der Waals surface area contributed by atoms with Crippen LogP contribution in [0.25, 0.3) is 10.9 Å². The summed E-state index contributed by atoms with van der Waals surface area (Å²) >= 11 is 0. The number of dihydropyridines is 1. The highest BCUT2D eigenvalue weighted by molar-refractivity contribution is 5.99. The Balaban J connectivity index is 1.39. The average molecular weight is 533 g/mol. The predicted molar refractivity (Wildman–Crippen MR) is 147 cm³/mol. The van der Waals surface area contributed by atoms with Crippen molar-refractivity contribution >= 4 is 28.5 Å². The maximum absolute atomic E-state index is 13.3. The lowest BCUT2D eigenvalue weighted by atomic mass is 9.80. The fourth-order valence-corrected chi connectivity index (χ4v) is 4.92. The second-order valence-electron chi connectivity index (χ2n) is 9.33. The van der Waals surface area contributed by atoms with E-state index in [9.17, 15) is 19.7 Å². The second-order valence-corrected chi connectivity index (χ2v) is 9.33. The lowest BCUT2D eigenvalue weighted by molar-refractivity contribution is -0.384. The number of H-pyrrole nitrogens is 1. The number of aromatic amines is 1. The minimum atomic E-state index is -0.875. The van der Waals surface area contributed by atoms with Gasteiger partial charge < -0.3 is 25.1 Å². The monoisotopic (exact) mass is 532 g/mol. The summed E-state index contributed by atoms with van der Waals surface area (Å²) in [5.74, 6) is -2.10. The zero-order valence-corrected chi connectivity index (χ0v) is 22.2. The highest BCUT2D eigenvalue weighted by Crippen LogP contribution is 2.40. The van der Waals surface area contributed by atoms with E-state index in [2.05, 4.69) is 27.8 Å². The number of ether oxygens (including phenoxy) is 2. The van der Waals surface area contributed by atoms with E-state index in [1.165, 1.54) is 36.3 Å². The molecule has 1 unspecified atom stereocenters. The second kappa shape index (κ2) is 12.4. The van der Waals surface area contributed by atoms with E-state index in [4.69, 9.17) is 9.47 Å². The van der Waals surface area contributed by atoms with Gasteiger partial charge in [-0.2, -0.15) is 0 Å². The summed E-state index contributed by atoms with van der Waals surface area (Å²) in [6.45, 7) is 5.03. The molecule has 3 aromatic rings. The highest BCUT2D eigenvalue weighted by Gasteiger charge is 2.38. The van der Waals surface area contributed by atoms with Crippen LogP contribution in [0.5, 0.6) is 0 Å². The van der Waals surface area contributed by atoms with Crippen LogP contribution in [-0.4, -0.2) is 48.7 Å². The number of fused-ring (bicyclic) bond motifs is 1. The molecule has 204 valence electrons. The quantitative estimate of drug-likeness (QED) is 0.144. The molecule has 0 aliphatic carbocycles. The van der Waals surface area contributed by atoms with Crippen molar-refractivity contribution < 1.29 is 24.0 Å². The first-order chi connectivity index (χ1) is 18.8. The predicted octanol–water partition coefficient (Wildman–Crippen LogP) is 4.25. The fourth-order valence-electron chi connectivity index (χ4n) is 4.92. The molecule has 2 heterocycles. The number of para-hydroxylation sites is 1. The summed E-state index contributed by atoms with van der Waals surface area (Å²) < 4.78 is 10.6. The SMILES string of the molecule is COC(=O)C1=C(C)NC(C)=C(C(=O)OCCCNCCc2c[nH]c3ccccc23)C1c1cccc([N+](=O)[O-])c1. The van der Waals surface area contributed by atoms with Crippen molar-refractivity contribution in [2.45, 2.75) is 32.6 Å². The minimum Gasteiger partial charge on any atom is -0.466 e. The number of nitro groups is 1. The Morgan fingerprint density at radius 1 is 1.03 bits per heavy atom. The van der Waals surface area contributed by atoms with Crippen molar-refractivity contribution in [2.75, 3.05) is 26.8 Å². The van der Waals surface area contributed by atoms with E-state index in [0.29, 0.717) is 29.9 Å². The standard InChI is InChI=1S/C29H32N4O6/c1-18-25(28(34)38-3)27(20-8-6-9-22(16-20)33(36)37)26(19(2)32-18)29(35)39-15-7-13-30-14-12-21-17-31-24-11-5-4-10-23(21)24/h4-6,8-11,16-17,27,30-32H,7,12-15H2,1-3H3. The molecule has 0 spiro atoms. The third-order valence-electron chi connectivity index (χ3n) is 6.78. The molecule has 39 heavy (non-hydrogen) atoms. The van der Waals surface area contributed by atoms with Crippen LogP contribution in [0.3, 0.4) is 0 Å². The van der Waals surface area contributed by atoms with Crippen molar-refractivity contribution in [2.24, 2.45) is 0 Å². The lowest BCUT2D eigenvalue weighted by Gasteiger charge is -2.30. The van der Waals surface area contributed by atoms with Gasteiger partial charge in [-0.25, -0.2) is 9.59 Å². The molecule has 1 aliphatic rings. The van der Waals surface area contributed by atoms with Crippen molar-refractivity contribution in [1.82, 2.24) is 15.6 Å². The number of methoxy groups -OCH3 is 1. The molecule has 0 fully saturated rings. The summed E-state index contributed by atoms with van der Waals surface area (Å²) in [5, 5.41) is 19.1. The molecule has 0 bridgehead atoms. The largest absolute Gasteiger partial charge is 0.466 e. The first-order valence-corrected chi connectivity index (χ1v) is 12.8. The van der Waals surface area contributed by atoms with Crippen molar-refractivity contribution in [3.63, 3.8) is 0 Å². The van der Waals surface area contributed by atoms with E-state index >= 15 is 0 Å². The number of benzene rings is 2. The van der Waals surface area contributed by atoms with Crippen molar-refractivity contribution in [3.8, 4) is 0 Å². The highest BCUT2D eigenvalue weighted by atomic mass is 16.6. The first-order valence-electron chi connectivity index (χ1n) is 12.8. The fraction of sp³-hybridized carbons (Fsp3) is 0.310. The van der Waals surface area contributed by atoms with Gasteiger partial charge in [0.25, 0.3) is 5.69 Å². The van der Waals surface area contributed by atoms with Crippen LogP contribution in [0.4, 0.5) is 5.69 Å². The van der Waals surface area contributed by atoms with E-state index < -0.39 is 22.8 Å². The van der Waals surface area contributed by atoms with Gasteiger partial charge in [0.2, 0.25) is 0 Å². The molecule has 1 aliphatic heterocycles. The summed E-state index contributed by atoms with van der Waals surface area (Å²) in [7, 11) is 1.25. The number of carbonyl (C=O) groups is 2. The molecule has 10 nitrogen and oxygen atoms in total. The number of esters is 2. The topological polar surface area (TPSA) is 136 Å². The zero-order chi connectivity index (χ0) is 27.9. The van der Waals surface area contributed by atoms with Gasteiger partial charge in [-0.3, -0.25) is 10.1 Å². The molecule has 10 heteroatoms. The number of nitrogens with one attached hydrogen (secondary N) is 3. The van der Waals surface area contributed by atoms with Crippen LogP contribution in [0.1, 0.15) is 37.3 Å². The Morgan fingerprint density at radius 2 is 1.77 bits per heavy atom. The minimum absolute atomic E-state index is 0.142. The number of carbonyl (C=O) groups excluding carboxylic acids is 2. The molecule has 3 N–H and O–H groups in total. The van der Waals surface area contributed by atoms with Gasteiger partial charge in [-0.15, -0.1) is 0 Å². The molecule has 0 saturated carbocycles. The van der Waals surface area contributed by atoms with Gasteiger partial charge in [0.15, 0.2) is 0 Å². The van der Waals surface area contributed by atoms with Gasteiger partial charge >= 0.3 is 11.9 Å². The zero-order valence-electron chi connectivity index (χ0n) is 22.2. The summed E-state index contributed by atoms with van der Waals surface area (Å²) in [6, 6.07) is 14.1. The number of rotatable bonds is 11. The molecule has 0 radical (unpaired) electrons. The van der Waals surface area contributed by atoms with E-state index in [1.807, 2.05) is 18.3 Å². The molecule has 1 aromatic heterocycles. The summed E-state index contributed by atoms with van der Waals surface area (Å²) in [5.41, 5.74) is 4.08. The number of nitrogens with zero attached hydrogens (tertiary/aromatic N) is 1. The van der Waals surface area contributed by atoms with Gasteiger partial charge in [0.1, 0.15) is 0 Å². The summed E-state index contributed by atoms with van der Waals surface area (Å²) in [4.78, 5) is 40.2. The van der Waals surface area contributed by atoms with Crippen LogP contribution >= 0.6 is 0 Å². The first kappa shape index (κ1) is 27.6. The van der Waals surface area contributed by atoms with Crippen LogP contribution in [0.2, 0.25) is 0 Å². The van der Waals surface area contributed by atoms with E-state index in [-0.39, 0.29) is 23.4 Å². The number of allylic oxidation sites excluding steroid dienone is 2. The maximum Gasteiger partial charge on any atom is 0.336 e. The molecular weight excluding hydrogens is 500 g/mol. The Hall–Kier alpha value is -4.44. The van der Waals surface area contributed by atoms with Crippen LogP contribution < -0.4 is 10.6 Å². The van der Waals surface area contributed by atoms with Gasteiger partial charge in [0, 0.05) is 40.6 Å². The third kappa shape index (κ3) is 6.18. The van der Waals surface area contributed by atoms with E-state index in [0.717, 1.165) is 18.5 Å². The number of hydrogen-bond acceptors (Lipinski definition) is 8.